The third-order valence-corrected chi connectivity index (χ3v) is 8.50. The quantitative estimate of drug-likeness (QED) is 0.552. The Morgan fingerprint density at radius 1 is 1.09 bits per heavy atom. The van der Waals surface area contributed by atoms with Gasteiger partial charge in [0.05, 0.1) is 21.4 Å². The molecule has 0 spiro atoms. The van der Waals surface area contributed by atoms with Crippen molar-refractivity contribution in [3.63, 3.8) is 0 Å². The molecule has 1 heterocycles. The van der Waals surface area contributed by atoms with Crippen molar-refractivity contribution in [3.05, 3.63) is 53.1 Å². The summed E-state index contributed by atoms with van der Waals surface area (Å²) < 4.78 is 55.3. The minimum Gasteiger partial charge on any atom is -0.492 e. The summed E-state index contributed by atoms with van der Waals surface area (Å²) in [6, 6.07) is 10.3. The zero-order chi connectivity index (χ0) is 24.2. The van der Waals surface area contributed by atoms with Gasteiger partial charge in [-0.25, -0.2) is 22.0 Å². The largest absolute Gasteiger partial charge is 0.492 e. The van der Waals surface area contributed by atoms with Gasteiger partial charge < -0.3 is 10.1 Å². The molecule has 2 aromatic carbocycles. The number of nitrogens with two attached hydrogens (primary N) is 1. The fourth-order valence-electron chi connectivity index (χ4n) is 3.55. The Labute approximate surface area is 199 Å². The van der Waals surface area contributed by atoms with E-state index in [4.69, 9.17) is 21.5 Å². The third kappa shape index (κ3) is 6.24. The molecule has 12 heteroatoms. The molecule has 180 valence electrons. The van der Waals surface area contributed by atoms with Gasteiger partial charge in [-0.2, -0.15) is 4.31 Å². The van der Waals surface area contributed by atoms with Crippen molar-refractivity contribution in [2.24, 2.45) is 11.1 Å². The number of amides is 1. The van der Waals surface area contributed by atoms with E-state index in [1.807, 2.05) is 6.92 Å². The SMILES string of the molecule is CCOc1ccc(S(=O)(=O)N2CCC(C(=O)NCc3ccc(S(N)(=O)=O)cc3)CC2)cc1Cl. The normalized spacial score (nSPS) is 15.8. The summed E-state index contributed by atoms with van der Waals surface area (Å²) in [5.74, 6) is -0.0662. The molecule has 0 unspecified atom stereocenters. The number of ether oxygens (including phenoxy) is 1. The molecule has 3 rings (SSSR count). The molecule has 0 saturated carbocycles. The highest BCUT2D eigenvalue weighted by molar-refractivity contribution is 7.89. The average molecular weight is 516 g/mol. The van der Waals surface area contributed by atoms with Crippen LogP contribution in [0.15, 0.2) is 52.3 Å². The van der Waals surface area contributed by atoms with Gasteiger partial charge >= 0.3 is 0 Å². The first kappa shape index (κ1) is 25.4. The number of rotatable bonds is 8. The number of primary sulfonamides is 1. The summed E-state index contributed by atoms with van der Waals surface area (Å²) >= 11 is 6.14. The van der Waals surface area contributed by atoms with Gasteiger partial charge in [0.25, 0.3) is 0 Å². The smallest absolute Gasteiger partial charge is 0.243 e. The standard InChI is InChI=1S/C21H26ClN3O6S2/c1-2-31-20-8-7-18(13-19(20)22)33(29,30)25-11-9-16(10-12-25)21(26)24-14-15-3-5-17(6-4-15)32(23,27)28/h3-8,13,16H,2,9-12,14H2,1H3,(H,24,26)(H2,23,27,28). The predicted octanol–water partition coefficient (Wildman–Crippen LogP) is 2.10. The molecule has 1 saturated heterocycles. The van der Waals surface area contributed by atoms with E-state index in [-0.39, 0.29) is 46.3 Å². The topological polar surface area (TPSA) is 136 Å². The number of carbonyl (C=O) groups excluding carboxylic acids is 1. The van der Waals surface area contributed by atoms with Crippen molar-refractivity contribution in [1.29, 1.82) is 0 Å². The maximum Gasteiger partial charge on any atom is 0.243 e. The van der Waals surface area contributed by atoms with Crippen LogP contribution in [0, 0.1) is 5.92 Å². The monoisotopic (exact) mass is 515 g/mol. The molecule has 0 bridgehead atoms. The maximum atomic E-state index is 13.0. The van der Waals surface area contributed by atoms with Crippen molar-refractivity contribution in [2.75, 3.05) is 19.7 Å². The third-order valence-electron chi connectivity index (χ3n) is 5.38. The van der Waals surface area contributed by atoms with Crippen molar-refractivity contribution in [1.82, 2.24) is 9.62 Å². The molecule has 0 aromatic heterocycles. The minimum absolute atomic E-state index is 0.0000234. The van der Waals surface area contributed by atoms with Crippen molar-refractivity contribution in [2.45, 2.75) is 36.1 Å². The van der Waals surface area contributed by atoms with Crippen molar-refractivity contribution >= 4 is 37.6 Å². The van der Waals surface area contributed by atoms with E-state index in [0.717, 1.165) is 5.56 Å². The number of hydrogen-bond acceptors (Lipinski definition) is 6. The van der Waals surface area contributed by atoms with E-state index in [9.17, 15) is 21.6 Å². The summed E-state index contributed by atoms with van der Waals surface area (Å²) in [5.41, 5.74) is 0.725. The number of benzene rings is 2. The number of hydrogen-bond donors (Lipinski definition) is 2. The van der Waals surface area contributed by atoms with Gasteiger partial charge in [-0.05, 0) is 55.7 Å². The molecule has 9 nitrogen and oxygen atoms in total. The van der Waals surface area contributed by atoms with E-state index in [2.05, 4.69) is 5.32 Å². The number of sulfonamides is 2. The van der Waals surface area contributed by atoms with Crippen molar-refractivity contribution < 1.29 is 26.4 Å². The van der Waals surface area contributed by atoms with Gasteiger partial charge in [0, 0.05) is 25.6 Å². The lowest BCUT2D eigenvalue weighted by molar-refractivity contribution is -0.126. The van der Waals surface area contributed by atoms with Crippen LogP contribution in [0.2, 0.25) is 5.02 Å². The fourth-order valence-corrected chi connectivity index (χ4v) is 5.86. The Hall–Kier alpha value is -2.18. The lowest BCUT2D eigenvalue weighted by atomic mass is 9.97. The van der Waals surface area contributed by atoms with Crippen LogP contribution in [-0.2, 0) is 31.4 Å². The molecule has 0 radical (unpaired) electrons. The van der Waals surface area contributed by atoms with E-state index >= 15 is 0 Å². The Kier molecular flexibility index (Phi) is 8.01. The van der Waals surface area contributed by atoms with Crippen LogP contribution in [0.1, 0.15) is 25.3 Å². The second kappa shape index (κ2) is 10.4. The molecule has 0 atom stereocenters. The molecule has 1 aliphatic heterocycles. The number of carbonyl (C=O) groups is 1. The Morgan fingerprint density at radius 3 is 2.24 bits per heavy atom. The number of halogens is 1. The van der Waals surface area contributed by atoms with E-state index < -0.39 is 20.0 Å². The van der Waals surface area contributed by atoms with Crippen LogP contribution in [0.5, 0.6) is 5.75 Å². The summed E-state index contributed by atoms with van der Waals surface area (Å²) in [7, 11) is -7.50. The Bertz CT molecular complexity index is 1210. The highest BCUT2D eigenvalue weighted by atomic mass is 35.5. The molecule has 1 aliphatic rings. The molecule has 1 amide bonds. The predicted molar refractivity (Wildman–Crippen MR) is 124 cm³/mol. The van der Waals surface area contributed by atoms with Crippen LogP contribution >= 0.6 is 11.6 Å². The molecular weight excluding hydrogens is 490 g/mol. The minimum atomic E-state index is -3.77. The lowest BCUT2D eigenvalue weighted by Crippen LogP contribution is -2.42. The summed E-state index contributed by atoms with van der Waals surface area (Å²) in [5, 5.41) is 8.12. The lowest BCUT2D eigenvalue weighted by Gasteiger charge is -2.30. The molecule has 2 aromatic rings. The van der Waals surface area contributed by atoms with Crippen LogP contribution in [0.3, 0.4) is 0 Å². The first-order valence-electron chi connectivity index (χ1n) is 10.3. The summed E-state index contributed by atoms with van der Waals surface area (Å²) in [4.78, 5) is 12.6. The van der Waals surface area contributed by atoms with Gasteiger partial charge in [0.2, 0.25) is 26.0 Å². The first-order chi connectivity index (χ1) is 15.5. The van der Waals surface area contributed by atoms with Gasteiger partial charge in [-0.3, -0.25) is 4.79 Å². The molecule has 3 N–H and O–H groups in total. The van der Waals surface area contributed by atoms with E-state index in [1.54, 1.807) is 12.1 Å². The summed E-state index contributed by atoms with van der Waals surface area (Å²) in [6.07, 6.45) is 0.778. The average Bonchev–Trinajstić information content (AvgIpc) is 2.78. The molecular formula is C21H26ClN3O6S2. The van der Waals surface area contributed by atoms with Crippen LogP contribution in [-0.4, -0.2) is 46.7 Å². The molecule has 1 fully saturated rings. The fraction of sp³-hybridized carbons (Fsp3) is 0.381. The zero-order valence-corrected chi connectivity index (χ0v) is 20.4. The zero-order valence-electron chi connectivity index (χ0n) is 18.0. The number of nitrogens with one attached hydrogen (secondary N) is 1. The Balaban J connectivity index is 1.55. The Morgan fingerprint density at radius 2 is 1.70 bits per heavy atom. The first-order valence-corrected chi connectivity index (χ1v) is 13.7. The van der Waals surface area contributed by atoms with Gasteiger partial charge in [-0.1, -0.05) is 23.7 Å². The van der Waals surface area contributed by atoms with Crippen LogP contribution in [0.4, 0.5) is 0 Å². The van der Waals surface area contributed by atoms with E-state index in [0.29, 0.717) is 25.2 Å². The second-order valence-electron chi connectivity index (χ2n) is 7.61. The van der Waals surface area contributed by atoms with Gasteiger partial charge in [0.15, 0.2) is 0 Å². The van der Waals surface area contributed by atoms with E-state index in [1.165, 1.54) is 34.6 Å². The van der Waals surface area contributed by atoms with Crippen LogP contribution < -0.4 is 15.2 Å². The maximum absolute atomic E-state index is 13.0. The van der Waals surface area contributed by atoms with Crippen molar-refractivity contribution in [3.8, 4) is 5.75 Å². The summed E-state index contributed by atoms with van der Waals surface area (Å²) in [6.45, 7) is 2.89. The molecule has 33 heavy (non-hydrogen) atoms. The highest BCUT2D eigenvalue weighted by Gasteiger charge is 2.32. The molecule has 0 aliphatic carbocycles. The number of piperidine rings is 1. The number of nitrogens with zero attached hydrogens (tertiary/aromatic N) is 1. The van der Waals surface area contributed by atoms with Gasteiger partial charge in [-0.15, -0.1) is 0 Å². The van der Waals surface area contributed by atoms with Gasteiger partial charge in [0.1, 0.15) is 5.75 Å². The van der Waals surface area contributed by atoms with Crippen LogP contribution in [0.25, 0.3) is 0 Å². The second-order valence-corrected chi connectivity index (χ2v) is 11.5. The highest BCUT2D eigenvalue weighted by Crippen LogP contribution is 2.30.